The van der Waals surface area contributed by atoms with Crippen LogP contribution in [-0.2, 0) is 49.8 Å². The summed E-state index contributed by atoms with van der Waals surface area (Å²) in [6, 6.07) is 13.0. The van der Waals surface area contributed by atoms with Crippen molar-refractivity contribution in [1.29, 1.82) is 0 Å². The normalized spacial score (nSPS) is 10.4. The molecule has 0 N–H and O–H groups in total. The zero-order valence-electron chi connectivity index (χ0n) is 14.6. The summed E-state index contributed by atoms with van der Waals surface area (Å²) in [6.45, 7) is 8.71. The molecule has 0 aliphatic carbocycles. The molecule has 0 radical (unpaired) electrons. The van der Waals surface area contributed by atoms with Crippen LogP contribution in [0.15, 0.2) is 36.4 Å². The molecule has 2 nitrogen and oxygen atoms in total. The summed E-state index contributed by atoms with van der Waals surface area (Å²) in [4.78, 5) is 0. The summed E-state index contributed by atoms with van der Waals surface area (Å²) in [6.07, 6.45) is 4.11. The quantitative estimate of drug-likeness (QED) is 0.609. The van der Waals surface area contributed by atoms with Gasteiger partial charge in [-0.15, -0.1) is 0 Å². The molecule has 2 aromatic carbocycles. The standard InChI is InChI=1S/2C10H14O.Zr/c2*1-3-8-5-6-10(11)9(4-2)7-8;/h2*5-7,11H,3-4H2,1-2H3;/q;;+2/p-2. The van der Waals surface area contributed by atoms with Crippen LogP contribution >= 0.6 is 0 Å². The van der Waals surface area contributed by atoms with Crippen LogP contribution in [0.25, 0.3) is 0 Å². The van der Waals surface area contributed by atoms with E-state index in [2.05, 4.69) is 64.1 Å². The molecule has 0 spiro atoms. The molecule has 0 aromatic heterocycles. The fourth-order valence-corrected chi connectivity index (χ4v) is 4.09. The molecule has 3 heteroatoms. The van der Waals surface area contributed by atoms with Gasteiger partial charge in [-0.2, -0.15) is 0 Å². The van der Waals surface area contributed by atoms with Crippen molar-refractivity contribution in [2.24, 2.45) is 0 Å². The van der Waals surface area contributed by atoms with Gasteiger partial charge in [0.15, 0.2) is 0 Å². The van der Waals surface area contributed by atoms with Gasteiger partial charge in [-0.3, -0.25) is 0 Å². The van der Waals surface area contributed by atoms with Crippen LogP contribution in [-0.4, -0.2) is 0 Å². The molecule has 0 unspecified atom stereocenters. The zero-order chi connectivity index (χ0) is 16.7. The number of hydrogen-bond donors (Lipinski definition) is 0. The number of rotatable bonds is 8. The van der Waals surface area contributed by atoms with E-state index < -0.39 is 24.1 Å². The topological polar surface area (TPSA) is 18.5 Å². The zero-order valence-corrected chi connectivity index (χ0v) is 17.1. The molecule has 0 amide bonds. The summed E-state index contributed by atoms with van der Waals surface area (Å²) < 4.78 is 12.1. The van der Waals surface area contributed by atoms with Gasteiger partial charge in [-0.25, -0.2) is 0 Å². The molecule has 0 heterocycles. The van der Waals surface area contributed by atoms with Crippen LogP contribution in [0.5, 0.6) is 11.5 Å². The van der Waals surface area contributed by atoms with Crippen molar-refractivity contribution in [3.05, 3.63) is 58.7 Å². The first-order chi connectivity index (χ1) is 11.2. The van der Waals surface area contributed by atoms with E-state index in [-0.39, 0.29) is 0 Å². The van der Waals surface area contributed by atoms with E-state index in [1.807, 2.05) is 0 Å². The summed E-state index contributed by atoms with van der Waals surface area (Å²) in [7, 11) is 0. The Morgan fingerprint density at radius 3 is 1.43 bits per heavy atom. The van der Waals surface area contributed by atoms with Gasteiger partial charge >= 0.3 is 153 Å². The average Bonchev–Trinajstić information content (AvgIpc) is 2.61. The molecular weight excluding hydrogens is 363 g/mol. The van der Waals surface area contributed by atoms with E-state index in [4.69, 9.17) is 5.63 Å². The predicted octanol–water partition coefficient (Wildman–Crippen LogP) is 5.31. The molecule has 23 heavy (non-hydrogen) atoms. The first kappa shape index (κ1) is 18.3. The van der Waals surface area contributed by atoms with Crippen LogP contribution in [0.1, 0.15) is 49.9 Å². The average molecular weight is 390 g/mol. The second kappa shape index (κ2) is 9.28. The van der Waals surface area contributed by atoms with Crippen molar-refractivity contribution < 1.29 is 29.7 Å². The van der Waals surface area contributed by atoms with Gasteiger partial charge in [0, 0.05) is 0 Å². The molecule has 2 rings (SSSR count). The molecule has 0 aliphatic rings. The monoisotopic (exact) mass is 388 g/mol. The first-order valence-electron chi connectivity index (χ1n) is 8.54. The van der Waals surface area contributed by atoms with Gasteiger partial charge in [-0.05, 0) is 0 Å². The van der Waals surface area contributed by atoms with Crippen molar-refractivity contribution >= 4 is 0 Å². The van der Waals surface area contributed by atoms with Crippen LogP contribution in [0, 0.1) is 0 Å². The second-order valence-electron chi connectivity index (χ2n) is 5.59. The third kappa shape index (κ3) is 4.95. The maximum atomic E-state index is 6.04. The molecule has 0 bridgehead atoms. The Kier molecular flexibility index (Phi) is 7.37. The second-order valence-corrected chi connectivity index (χ2v) is 7.00. The Morgan fingerprint density at radius 2 is 1.09 bits per heavy atom. The summed E-state index contributed by atoms with van der Waals surface area (Å²) >= 11 is -1.38. The Morgan fingerprint density at radius 1 is 0.652 bits per heavy atom. The fourth-order valence-electron chi connectivity index (χ4n) is 2.57. The van der Waals surface area contributed by atoms with E-state index in [0.717, 1.165) is 37.2 Å². The van der Waals surface area contributed by atoms with Crippen LogP contribution in [0.4, 0.5) is 0 Å². The van der Waals surface area contributed by atoms with E-state index in [1.165, 1.54) is 22.3 Å². The molecule has 0 fully saturated rings. The molecule has 0 saturated carbocycles. The maximum absolute atomic E-state index is 6.04. The van der Waals surface area contributed by atoms with Crippen molar-refractivity contribution in [2.45, 2.75) is 53.4 Å². The van der Waals surface area contributed by atoms with E-state index >= 15 is 0 Å². The van der Waals surface area contributed by atoms with Crippen LogP contribution in [0.2, 0.25) is 0 Å². The molecule has 2 aromatic rings. The summed E-state index contributed by atoms with van der Waals surface area (Å²) in [5.74, 6) is 2.00. The van der Waals surface area contributed by atoms with Crippen molar-refractivity contribution in [2.75, 3.05) is 0 Å². The van der Waals surface area contributed by atoms with Crippen LogP contribution in [0.3, 0.4) is 0 Å². The molecule has 122 valence electrons. The Bertz CT molecular complexity index is 582. The van der Waals surface area contributed by atoms with E-state index in [1.54, 1.807) is 0 Å². The number of hydrogen-bond acceptors (Lipinski definition) is 2. The SMILES string of the molecule is CCc1ccc([O][Zr][O]c2ccc(CC)cc2CC)c(CC)c1. The van der Waals surface area contributed by atoms with E-state index in [0.29, 0.717) is 0 Å². The van der Waals surface area contributed by atoms with Crippen LogP contribution < -0.4 is 5.63 Å². The van der Waals surface area contributed by atoms with Gasteiger partial charge in [0.25, 0.3) is 0 Å². The van der Waals surface area contributed by atoms with Crippen molar-refractivity contribution in [3.8, 4) is 11.5 Å². The van der Waals surface area contributed by atoms with E-state index in [9.17, 15) is 0 Å². The molecule has 0 saturated heterocycles. The summed E-state index contributed by atoms with van der Waals surface area (Å²) in [5.41, 5.74) is 5.30. The van der Waals surface area contributed by atoms with Gasteiger partial charge in [-0.1, -0.05) is 0 Å². The minimum atomic E-state index is -1.38. The Hall–Kier alpha value is -1.08. The minimum absolute atomic E-state index is 0.994. The third-order valence-corrected chi connectivity index (χ3v) is 5.62. The third-order valence-electron chi connectivity index (χ3n) is 4.13. The Labute approximate surface area is 153 Å². The van der Waals surface area contributed by atoms with Crippen molar-refractivity contribution in [1.82, 2.24) is 0 Å². The number of benzene rings is 2. The Balaban J connectivity index is 2.02. The molecular formula is C20H26O2Zr. The predicted molar refractivity (Wildman–Crippen MR) is 91.7 cm³/mol. The first-order valence-corrected chi connectivity index (χ1v) is 10.5. The van der Waals surface area contributed by atoms with Gasteiger partial charge in [0.2, 0.25) is 0 Å². The fraction of sp³-hybridized carbons (Fsp3) is 0.400. The number of aryl methyl sites for hydroxylation is 4. The molecule has 0 atom stereocenters. The van der Waals surface area contributed by atoms with Gasteiger partial charge in [0.1, 0.15) is 0 Å². The molecule has 0 aliphatic heterocycles. The summed E-state index contributed by atoms with van der Waals surface area (Å²) in [5, 5.41) is 0. The van der Waals surface area contributed by atoms with Gasteiger partial charge in [0.05, 0.1) is 0 Å². The van der Waals surface area contributed by atoms with Crippen molar-refractivity contribution in [3.63, 3.8) is 0 Å². The van der Waals surface area contributed by atoms with Gasteiger partial charge < -0.3 is 0 Å².